The van der Waals surface area contributed by atoms with E-state index in [1.165, 1.54) is 18.2 Å². The highest BCUT2D eigenvalue weighted by Crippen LogP contribution is 2.43. The Hall–Kier alpha value is -3.38. The molecule has 3 aromatic rings. The molecule has 0 aromatic heterocycles. The Kier molecular flexibility index (Phi) is 9.36. The van der Waals surface area contributed by atoms with E-state index in [-0.39, 0.29) is 47.9 Å². The summed E-state index contributed by atoms with van der Waals surface area (Å²) in [7, 11) is -4.61. The van der Waals surface area contributed by atoms with Gasteiger partial charge >= 0.3 is 12.1 Å². The number of hydrogen-bond donors (Lipinski definition) is 1. The zero-order chi connectivity index (χ0) is 30.8. The van der Waals surface area contributed by atoms with E-state index in [1.807, 2.05) is 6.92 Å². The van der Waals surface area contributed by atoms with Crippen molar-refractivity contribution in [3.63, 3.8) is 0 Å². The first-order valence-electron chi connectivity index (χ1n) is 13.1. The summed E-state index contributed by atoms with van der Waals surface area (Å²) in [6, 6.07) is 9.03. The SMILES string of the molecule is CCCC(CCC(=O)O)C[C@H]1CN(S(=O)(=O)c2cccc(C(F)(F)F)c2)c2cc(-c3cc(F)cc(F)c3Cl)ccc2O1. The molecule has 0 saturated carbocycles. The summed E-state index contributed by atoms with van der Waals surface area (Å²) in [5.41, 5.74) is -1.12. The highest BCUT2D eigenvalue weighted by Gasteiger charge is 2.38. The van der Waals surface area contributed by atoms with Crippen LogP contribution in [0.2, 0.25) is 5.02 Å². The minimum Gasteiger partial charge on any atom is -0.486 e. The third kappa shape index (κ3) is 6.97. The van der Waals surface area contributed by atoms with Gasteiger partial charge in [-0.2, -0.15) is 13.2 Å². The first-order valence-corrected chi connectivity index (χ1v) is 14.9. The van der Waals surface area contributed by atoms with Crippen LogP contribution in [0.4, 0.5) is 27.6 Å². The number of alkyl halides is 3. The summed E-state index contributed by atoms with van der Waals surface area (Å²) in [6.45, 7) is 1.63. The monoisotopic (exact) mass is 631 g/mol. The number of carbonyl (C=O) groups is 1. The van der Waals surface area contributed by atoms with Crippen LogP contribution in [-0.4, -0.2) is 32.1 Å². The molecule has 3 aromatic carbocycles. The Morgan fingerprint density at radius 1 is 1.12 bits per heavy atom. The van der Waals surface area contributed by atoms with Crippen molar-refractivity contribution < 1.29 is 45.0 Å². The number of rotatable bonds is 10. The van der Waals surface area contributed by atoms with Crippen molar-refractivity contribution in [1.29, 1.82) is 0 Å². The molecule has 0 radical (unpaired) electrons. The number of carboxylic acid groups (broad SMARTS) is 1. The van der Waals surface area contributed by atoms with Crippen LogP contribution in [0, 0.1) is 17.6 Å². The minimum atomic E-state index is -4.79. The van der Waals surface area contributed by atoms with E-state index in [9.17, 15) is 35.2 Å². The second-order valence-electron chi connectivity index (χ2n) is 10.1. The Morgan fingerprint density at radius 2 is 1.86 bits per heavy atom. The summed E-state index contributed by atoms with van der Waals surface area (Å²) < 4.78 is 103. The highest BCUT2D eigenvalue weighted by atomic mass is 35.5. The van der Waals surface area contributed by atoms with Gasteiger partial charge in [-0.1, -0.05) is 43.5 Å². The first kappa shape index (κ1) is 31.6. The number of fused-ring (bicyclic) bond motifs is 1. The number of hydrogen-bond acceptors (Lipinski definition) is 4. The largest absolute Gasteiger partial charge is 0.486 e. The smallest absolute Gasteiger partial charge is 0.416 e. The Labute approximate surface area is 244 Å². The van der Waals surface area contributed by atoms with Gasteiger partial charge in [-0.25, -0.2) is 17.2 Å². The molecule has 4 rings (SSSR count). The number of carboxylic acids is 1. The van der Waals surface area contributed by atoms with Gasteiger partial charge in [0.05, 0.1) is 27.7 Å². The molecule has 1 aliphatic heterocycles. The highest BCUT2D eigenvalue weighted by molar-refractivity contribution is 7.92. The summed E-state index contributed by atoms with van der Waals surface area (Å²) in [5, 5.41) is 8.74. The van der Waals surface area contributed by atoms with E-state index in [4.69, 9.17) is 21.4 Å². The Bertz CT molecular complexity index is 1580. The standard InChI is InChI=1S/C29H27ClF5NO5S/c1-2-4-17(7-10-27(37)38)11-21-16-36(42(39,40)22-6-3-5-19(13-22)29(33,34)35)25-12-18(8-9-26(25)41-21)23-14-20(31)15-24(32)28(23)30/h3,5-6,8-9,12-15,17,21H,2,4,7,10-11,16H2,1H3,(H,37,38)/t17?,21-/m0/s1. The quantitative estimate of drug-likeness (QED) is 0.181. The van der Waals surface area contributed by atoms with Crippen molar-refractivity contribution in [3.8, 4) is 16.9 Å². The number of anilines is 1. The van der Waals surface area contributed by atoms with Crippen LogP contribution in [0.1, 0.15) is 44.6 Å². The van der Waals surface area contributed by atoms with Crippen LogP contribution in [-0.2, 0) is 21.0 Å². The maximum Gasteiger partial charge on any atom is 0.416 e. The molecule has 2 atom stereocenters. The molecule has 1 unspecified atom stereocenters. The molecular weight excluding hydrogens is 605 g/mol. The average Bonchev–Trinajstić information content (AvgIpc) is 2.92. The van der Waals surface area contributed by atoms with E-state index in [0.717, 1.165) is 35.0 Å². The third-order valence-corrected chi connectivity index (χ3v) is 9.16. The first-order chi connectivity index (χ1) is 19.7. The molecule has 6 nitrogen and oxygen atoms in total. The maximum absolute atomic E-state index is 14.2. The molecule has 0 bridgehead atoms. The van der Waals surface area contributed by atoms with E-state index in [2.05, 4.69) is 0 Å². The number of halogens is 6. The second-order valence-corrected chi connectivity index (χ2v) is 12.3. The van der Waals surface area contributed by atoms with Crippen LogP contribution in [0.5, 0.6) is 5.75 Å². The fourth-order valence-corrected chi connectivity index (χ4v) is 6.81. The lowest BCUT2D eigenvalue weighted by Crippen LogP contribution is -2.44. The van der Waals surface area contributed by atoms with Crippen LogP contribution in [0.3, 0.4) is 0 Å². The molecule has 0 saturated heterocycles. The lowest BCUT2D eigenvalue weighted by atomic mass is 9.91. The fourth-order valence-electron chi connectivity index (χ4n) is 5.04. The summed E-state index contributed by atoms with van der Waals surface area (Å²) in [5.74, 6) is -2.97. The molecule has 0 spiro atoms. The van der Waals surface area contributed by atoms with Crippen LogP contribution >= 0.6 is 11.6 Å². The zero-order valence-corrected chi connectivity index (χ0v) is 23.9. The maximum atomic E-state index is 14.2. The van der Waals surface area contributed by atoms with Crippen molar-refractivity contribution in [2.45, 2.75) is 56.2 Å². The zero-order valence-electron chi connectivity index (χ0n) is 22.3. The van der Waals surface area contributed by atoms with E-state index < -0.39 is 55.4 Å². The number of ether oxygens (including phenoxy) is 1. The van der Waals surface area contributed by atoms with Crippen LogP contribution in [0.15, 0.2) is 59.5 Å². The third-order valence-electron chi connectivity index (χ3n) is 7.00. The van der Waals surface area contributed by atoms with Gasteiger partial charge in [0, 0.05) is 18.1 Å². The molecule has 226 valence electrons. The molecule has 13 heteroatoms. The number of sulfonamides is 1. The minimum absolute atomic E-state index is 0.0560. The molecule has 42 heavy (non-hydrogen) atoms. The average molecular weight is 632 g/mol. The Balaban J connectivity index is 1.81. The normalized spacial score (nSPS) is 16.1. The molecule has 0 amide bonds. The fraction of sp³-hybridized carbons (Fsp3) is 0.345. The van der Waals surface area contributed by atoms with Gasteiger partial charge < -0.3 is 9.84 Å². The summed E-state index contributed by atoms with van der Waals surface area (Å²) in [6.07, 6.45) is -3.62. The van der Waals surface area contributed by atoms with Gasteiger partial charge in [0.25, 0.3) is 10.0 Å². The Morgan fingerprint density at radius 3 is 2.52 bits per heavy atom. The van der Waals surface area contributed by atoms with Crippen LogP contribution < -0.4 is 9.04 Å². The van der Waals surface area contributed by atoms with Crippen molar-refractivity contribution >= 4 is 33.3 Å². The van der Waals surface area contributed by atoms with Crippen molar-refractivity contribution in [1.82, 2.24) is 0 Å². The van der Waals surface area contributed by atoms with Gasteiger partial charge in [0.15, 0.2) is 0 Å². The molecular formula is C29H27ClF5NO5S. The number of aliphatic carboxylic acids is 1. The predicted molar refractivity (Wildman–Crippen MR) is 147 cm³/mol. The van der Waals surface area contributed by atoms with Gasteiger partial charge in [-0.05, 0) is 60.7 Å². The van der Waals surface area contributed by atoms with Gasteiger partial charge in [-0.15, -0.1) is 0 Å². The van der Waals surface area contributed by atoms with E-state index >= 15 is 0 Å². The molecule has 1 N–H and O–H groups in total. The second kappa shape index (κ2) is 12.5. The van der Waals surface area contributed by atoms with Crippen LogP contribution in [0.25, 0.3) is 11.1 Å². The predicted octanol–water partition coefficient (Wildman–Crippen LogP) is 7.93. The molecule has 0 aliphatic carbocycles. The number of benzene rings is 3. The van der Waals surface area contributed by atoms with Crippen molar-refractivity contribution in [3.05, 3.63) is 76.8 Å². The number of nitrogens with zero attached hydrogens (tertiary/aromatic N) is 1. The molecule has 1 heterocycles. The molecule has 0 fully saturated rings. The van der Waals surface area contributed by atoms with E-state index in [0.29, 0.717) is 25.0 Å². The van der Waals surface area contributed by atoms with Crippen molar-refractivity contribution in [2.24, 2.45) is 5.92 Å². The lowest BCUT2D eigenvalue weighted by molar-refractivity contribution is -0.138. The summed E-state index contributed by atoms with van der Waals surface area (Å²) in [4.78, 5) is 10.6. The van der Waals surface area contributed by atoms with Gasteiger partial charge in [0.1, 0.15) is 23.5 Å². The topological polar surface area (TPSA) is 83.9 Å². The van der Waals surface area contributed by atoms with Crippen molar-refractivity contribution in [2.75, 3.05) is 10.8 Å². The summed E-state index contributed by atoms with van der Waals surface area (Å²) >= 11 is 6.07. The lowest BCUT2D eigenvalue weighted by Gasteiger charge is -2.37. The van der Waals surface area contributed by atoms with Gasteiger partial charge in [-0.3, -0.25) is 9.10 Å². The molecule has 1 aliphatic rings. The van der Waals surface area contributed by atoms with Gasteiger partial charge in [0.2, 0.25) is 0 Å². The van der Waals surface area contributed by atoms with E-state index in [1.54, 1.807) is 0 Å².